The van der Waals surface area contributed by atoms with Crippen molar-refractivity contribution in [1.29, 1.82) is 0 Å². The maximum Gasteiger partial charge on any atom is 0.433 e. The second kappa shape index (κ2) is 9.24. The molecule has 0 bridgehead atoms. The van der Waals surface area contributed by atoms with Crippen LogP contribution in [0.3, 0.4) is 0 Å². The van der Waals surface area contributed by atoms with Crippen molar-refractivity contribution in [3.63, 3.8) is 0 Å². The molecule has 1 N–H and O–H groups in total. The fourth-order valence-corrected chi connectivity index (χ4v) is 3.29. The molecule has 3 rings (SSSR count). The molecule has 2 heterocycles. The number of amides is 1. The zero-order valence-corrected chi connectivity index (χ0v) is 16.4. The molecule has 0 radical (unpaired) electrons. The van der Waals surface area contributed by atoms with E-state index in [1.807, 2.05) is 18.2 Å². The summed E-state index contributed by atoms with van der Waals surface area (Å²) < 4.78 is 15.6. The Hall–Kier alpha value is -3.33. The molecular formula is C20H24N3O6+. The number of quaternary nitrogens is 1. The summed E-state index contributed by atoms with van der Waals surface area (Å²) in [6.07, 6.45) is 2.85. The van der Waals surface area contributed by atoms with Gasteiger partial charge in [0.05, 0.1) is 46.5 Å². The van der Waals surface area contributed by atoms with E-state index in [2.05, 4.69) is 0 Å². The van der Waals surface area contributed by atoms with E-state index in [1.54, 1.807) is 19.1 Å². The number of hydrogen-bond acceptors (Lipinski definition) is 6. The molecule has 1 aliphatic rings. The fraction of sp³-hybridized carbons (Fsp3) is 0.350. The molecule has 2 aromatic rings. The Morgan fingerprint density at radius 2 is 1.93 bits per heavy atom. The second-order valence-electron chi connectivity index (χ2n) is 6.71. The third-order valence-corrected chi connectivity index (χ3v) is 4.87. The van der Waals surface area contributed by atoms with Gasteiger partial charge in [-0.3, -0.25) is 14.9 Å². The number of rotatable bonds is 7. The summed E-state index contributed by atoms with van der Waals surface area (Å²) >= 11 is 0. The largest absolute Gasteiger partial charge is 0.493 e. The number of hydrogen-bond donors (Lipinski definition) is 1. The molecule has 0 spiro atoms. The summed E-state index contributed by atoms with van der Waals surface area (Å²) in [7, 11) is 3.23. The molecule has 1 saturated heterocycles. The highest BCUT2D eigenvalue weighted by atomic mass is 16.6. The molecule has 154 valence electrons. The number of nitro groups is 1. The average molecular weight is 402 g/mol. The standard InChI is InChI=1S/C20H23N3O6/c1-27-17-6-3-15(13-18(17)28-2)14-21-9-11-22(12-10-21)19(24)7-4-16-5-8-20(29-16)23(25)26/h3-8,13H,9-12,14H2,1-2H3/p+1/b7-4+. The number of carbonyl (C=O) groups excluding carboxylic acids is 1. The monoisotopic (exact) mass is 402 g/mol. The summed E-state index contributed by atoms with van der Waals surface area (Å²) in [5, 5.41) is 10.6. The smallest absolute Gasteiger partial charge is 0.433 e. The van der Waals surface area contributed by atoms with E-state index in [0.29, 0.717) is 24.6 Å². The van der Waals surface area contributed by atoms with Gasteiger partial charge in [-0.25, -0.2) is 0 Å². The van der Waals surface area contributed by atoms with Crippen LogP contribution in [-0.2, 0) is 11.3 Å². The lowest BCUT2D eigenvalue weighted by Crippen LogP contribution is -3.13. The first kappa shape index (κ1) is 20.4. The Labute approximate surface area is 168 Å². The van der Waals surface area contributed by atoms with Crippen molar-refractivity contribution < 1.29 is 28.5 Å². The van der Waals surface area contributed by atoms with Crippen LogP contribution in [0.1, 0.15) is 11.3 Å². The zero-order valence-electron chi connectivity index (χ0n) is 16.4. The Balaban J connectivity index is 1.51. The van der Waals surface area contributed by atoms with E-state index in [4.69, 9.17) is 13.9 Å². The van der Waals surface area contributed by atoms with Crippen LogP contribution in [0.5, 0.6) is 11.5 Å². The van der Waals surface area contributed by atoms with E-state index >= 15 is 0 Å². The van der Waals surface area contributed by atoms with E-state index in [-0.39, 0.29) is 17.6 Å². The van der Waals surface area contributed by atoms with Crippen molar-refractivity contribution in [2.24, 2.45) is 0 Å². The van der Waals surface area contributed by atoms with Crippen LogP contribution in [0, 0.1) is 10.1 Å². The highest BCUT2D eigenvalue weighted by Gasteiger charge is 2.23. The summed E-state index contributed by atoms with van der Waals surface area (Å²) in [5.41, 5.74) is 1.15. The van der Waals surface area contributed by atoms with Crippen molar-refractivity contribution in [2.75, 3.05) is 40.4 Å². The molecule has 0 atom stereocenters. The Kier molecular flexibility index (Phi) is 6.50. The van der Waals surface area contributed by atoms with Gasteiger partial charge in [0.15, 0.2) is 11.5 Å². The van der Waals surface area contributed by atoms with Crippen molar-refractivity contribution >= 4 is 17.9 Å². The Bertz CT molecular complexity index is 899. The third-order valence-electron chi connectivity index (χ3n) is 4.87. The molecule has 0 aliphatic carbocycles. The fourth-order valence-electron chi connectivity index (χ4n) is 3.29. The molecule has 9 nitrogen and oxygen atoms in total. The summed E-state index contributed by atoms with van der Waals surface area (Å²) in [5.74, 6) is 1.22. The predicted octanol–water partition coefficient (Wildman–Crippen LogP) is 1.15. The quantitative estimate of drug-likeness (QED) is 0.424. The molecule has 1 amide bonds. The van der Waals surface area contributed by atoms with Gasteiger partial charge in [-0.05, 0) is 30.3 Å². The zero-order chi connectivity index (χ0) is 20.8. The lowest BCUT2D eigenvalue weighted by Gasteiger charge is -2.31. The van der Waals surface area contributed by atoms with Gasteiger partial charge in [0.25, 0.3) is 0 Å². The molecule has 1 aromatic carbocycles. The number of benzene rings is 1. The maximum absolute atomic E-state index is 12.4. The topological polar surface area (TPSA) is 99.5 Å². The van der Waals surface area contributed by atoms with Gasteiger partial charge >= 0.3 is 5.88 Å². The van der Waals surface area contributed by atoms with Gasteiger partial charge in [0.1, 0.15) is 17.2 Å². The van der Waals surface area contributed by atoms with Gasteiger partial charge in [-0.15, -0.1) is 0 Å². The molecule has 1 aromatic heterocycles. The summed E-state index contributed by atoms with van der Waals surface area (Å²) in [4.78, 5) is 25.5. The lowest BCUT2D eigenvalue weighted by molar-refractivity contribution is -0.917. The van der Waals surface area contributed by atoms with Gasteiger partial charge in [0, 0.05) is 11.6 Å². The molecule has 1 aliphatic heterocycles. The molecular weight excluding hydrogens is 378 g/mol. The third kappa shape index (κ3) is 5.14. The summed E-state index contributed by atoms with van der Waals surface area (Å²) in [6.45, 7) is 3.79. The number of ether oxygens (including phenoxy) is 2. The van der Waals surface area contributed by atoms with Crippen LogP contribution in [0.15, 0.2) is 40.8 Å². The van der Waals surface area contributed by atoms with E-state index in [9.17, 15) is 14.9 Å². The lowest BCUT2D eigenvalue weighted by atomic mass is 10.1. The van der Waals surface area contributed by atoms with Crippen LogP contribution in [0.2, 0.25) is 0 Å². The number of piperazine rings is 1. The van der Waals surface area contributed by atoms with Gasteiger partial charge in [-0.1, -0.05) is 0 Å². The van der Waals surface area contributed by atoms with Gasteiger partial charge in [0.2, 0.25) is 5.91 Å². The Morgan fingerprint density at radius 3 is 2.55 bits per heavy atom. The van der Waals surface area contributed by atoms with Crippen molar-refractivity contribution in [2.45, 2.75) is 6.54 Å². The highest BCUT2D eigenvalue weighted by Crippen LogP contribution is 2.27. The minimum atomic E-state index is -0.612. The van der Waals surface area contributed by atoms with E-state index in [0.717, 1.165) is 25.2 Å². The number of nitrogens with one attached hydrogen (secondary N) is 1. The second-order valence-corrected chi connectivity index (χ2v) is 6.71. The van der Waals surface area contributed by atoms with Crippen LogP contribution < -0.4 is 14.4 Å². The van der Waals surface area contributed by atoms with E-state index in [1.165, 1.54) is 29.2 Å². The number of nitrogens with zero attached hydrogens (tertiary/aromatic N) is 2. The van der Waals surface area contributed by atoms with Crippen LogP contribution in [0.25, 0.3) is 6.08 Å². The normalized spacial score (nSPS) is 14.9. The average Bonchev–Trinajstić information content (AvgIpc) is 3.22. The minimum Gasteiger partial charge on any atom is -0.493 e. The SMILES string of the molecule is COc1ccc(C[NH+]2CCN(C(=O)/C=C/c3ccc([N+](=O)[O-])o3)CC2)cc1OC. The first-order chi connectivity index (χ1) is 14.0. The molecule has 0 unspecified atom stereocenters. The van der Waals surface area contributed by atoms with Crippen LogP contribution in [-0.4, -0.2) is 56.1 Å². The minimum absolute atomic E-state index is 0.130. The highest BCUT2D eigenvalue weighted by molar-refractivity contribution is 5.91. The first-order valence-corrected chi connectivity index (χ1v) is 9.26. The van der Waals surface area contributed by atoms with Crippen LogP contribution in [0.4, 0.5) is 5.88 Å². The molecule has 9 heteroatoms. The van der Waals surface area contributed by atoms with Gasteiger partial charge in [-0.2, -0.15) is 0 Å². The number of methoxy groups -OCH3 is 2. The molecule has 29 heavy (non-hydrogen) atoms. The Morgan fingerprint density at radius 1 is 1.21 bits per heavy atom. The number of furan rings is 1. The molecule has 1 fully saturated rings. The number of carbonyl (C=O) groups is 1. The van der Waals surface area contributed by atoms with Crippen LogP contribution >= 0.6 is 0 Å². The first-order valence-electron chi connectivity index (χ1n) is 9.26. The van der Waals surface area contributed by atoms with Crippen molar-refractivity contribution in [3.05, 3.63) is 57.8 Å². The van der Waals surface area contributed by atoms with Crippen molar-refractivity contribution in [1.82, 2.24) is 4.90 Å². The predicted molar refractivity (Wildman–Crippen MR) is 105 cm³/mol. The van der Waals surface area contributed by atoms with E-state index < -0.39 is 4.92 Å². The molecule has 0 saturated carbocycles. The van der Waals surface area contributed by atoms with Gasteiger partial charge < -0.3 is 23.7 Å². The van der Waals surface area contributed by atoms with Crippen molar-refractivity contribution in [3.8, 4) is 11.5 Å². The maximum atomic E-state index is 12.4. The summed E-state index contributed by atoms with van der Waals surface area (Å²) in [6, 6.07) is 8.64.